The molecule has 1 N–H and O–H groups in total. The minimum atomic E-state index is -0.255. The monoisotopic (exact) mass is 219 g/mol. The largest absolute Gasteiger partial charge is 0.485 e. The number of carbonyl (C=O) groups excluding carboxylic acids is 1. The highest BCUT2D eigenvalue weighted by Gasteiger charge is 2.31. The molecule has 1 aromatic rings. The summed E-state index contributed by atoms with van der Waals surface area (Å²) in [5.41, 5.74) is 2.07. The van der Waals surface area contributed by atoms with E-state index in [0.29, 0.717) is 5.92 Å². The van der Waals surface area contributed by atoms with Crippen LogP contribution in [0.4, 0.5) is 5.69 Å². The van der Waals surface area contributed by atoms with E-state index < -0.39 is 0 Å². The van der Waals surface area contributed by atoms with Crippen LogP contribution in [0.25, 0.3) is 0 Å². The van der Waals surface area contributed by atoms with E-state index in [-0.39, 0.29) is 12.1 Å². The van der Waals surface area contributed by atoms with Crippen LogP contribution in [0.15, 0.2) is 18.2 Å². The molecule has 3 nitrogen and oxygen atoms in total. The Hall–Kier alpha value is -1.51. The molecule has 2 atom stereocenters. The molecule has 16 heavy (non-hydrogen) atoms. The molecule has 1 heterocycles. The van der Waals surface area contributed by atoms with E-state index in [1.165, 1.54) is 0 Å². The number of rotatable bonds is 2. The number of anilines is 1. The standard InChI is InChI=1S/C13H17NO2/c1-8(2)13-11(7-15)14-10-6-9(3)4-5-12(10)16-13/h4-8,11,13-14H,1-3H3. The van der Waals surface area contributed by atoms with Crippen LogP contribution in [-0.4, -0.2) is 18.4 Å². The topological polar surface area (TPSA) is 38.3 Å². The maximum Gasteiger partial charge on any atom is 0.146 e. The van der Waals surface area contributed by atoms with E-state index in [4.69, 9.17) is 4.74 Å². The Morgan fingerprint density at radius 3 is 2.81 bits per heavy atom. The second-order valence-electron chi connectivity index (χ2n) is 4.63. The lowest BCUT2D eigenvalue weighted by Crippen LogP contribution is -2.45. The molecule has 0 saturated heterocycles. The van der Waals surface area contributed by atoms with E-state index in [1.54, 1.807) is 0 Å². The molecule has 0 radical (unpaired) electrons. The van der Waals surface area contributed by atoms with Gasteiger partial charge in [-0.05, 0) is 30.5 Å². The first-order valence-electron chi connectivity index (χ1n) is 5.61. The van der Waals surface area contributed by atoms with Crippen molar-refractivity contribution in [1.29, 1.82) is 0 Å². The van der Waals surface area contributed by atoms with Gasteiger partial charge in [0, 0.05) is 0 Å². The molecule has 0 amide bonds. The van der Waals surface area contributed by atoms with Gasteiger partial charge in [-0.3, -0.25) is 0 Å². The van der Waals surface area contributed by atoms with Gasteiger partial charge in [0.2, 0.25) is 0 Å². The van der Waals surface area contributed by atoms with E-state index in [9.17, 15) is 4.79 Å². The normalized spacial score (nSPS) is 23.2. The highest BCUT2D eigenvalue weighted by molar-refractivity contribution is 5.71. The third-order valence-corrected chi connectivity index (χ3v) is 2.88. The summed E-state index contributed by atoms with van der Waals surface area (Å²) in [5, 5.41) is 3.23. The second kappa shape index (κ2) is 4.16. The summed E-state index contributed by atoms with van der Waals surface area (Å²) < 4.78 is 5.86. The van der Waals surface area contributed by atoms with E-state index >= 15 is 0 Å². The van der Waals surface area contributed by atoms with Crippen molar-refractivity contribution >= 4 is 12.0 Å². The van der Waals surface area contributed by atoms with Crippen LogP contribution in [0.2, 0.25) is 0 Å². The molecule has 0 aromatic heterocycles. The van der Waals surface area contributed by atoms with Gasteiger partial charge in [0.1, 0.15) is 24.2 Å². The molecule has 0 fully saturated rings. The summed E-state index contributed by atoms with van der Waals surface area (Å²) >= 11 is 0. The molecule has 1 aliphatic rings. The highest BCUT2D eigenvalue weighted by atomic mass is 16.5. The van der Waals surface area contributed by atoms with Crippen LogP contribution in [0, 0.1) is 12.8 Å². The minimum Gasteiger partial charge on any atom is -0.485 e. The zero-order valence-electron chi connectivity index (χ0n) is 9.86. The average molecular weight is 219 g/mol. The Balaban J connectivity index is 2.33. The van der Waals surface area contributed by atoms with Crippen LogP contribution in [-0.2, 0) is 4.79 Å². The van der Waals surface area contributed by atoms with Crippen LogP contribution in [0.3, 0.4) is 0 Å². The van der Waals surface area contributed by atoms with Crippen LogP contribution < -0.4 is 10.1 Å². The van der Waals surface area contributed by atoms with Gasteiger partial charge < -0.3 is 14.8 Å². The van der Waals surface area contributed by atoms with Gasteiger partial charge in [-0.25, -0.2) is 0 Å². The number of hydrogen-bond acceptors (Lipinski definition) is 3. The first-order chi connectivity index (χ1) is 7.61. The van der Waals surface area contributed by atoms with Crippen molar-refractivity contribution in [3.63, 3.8) is 0 Å². The Bertz CT molecular complexity index is 401. The van der Waals surface area contributed by atoms with Crippen molar-refractivity contribution in [2.75, 3.05) is 5.32 Å². The van der Waals surface area contributed by atoms with Gasteiger partial charge in [0.05, 0.1) is 5.69 Å². The zero-order chi connectivity index (χ0) is 11.7. The van der Waals surface area contributed by atoms with E-state index in [1.807, 2.05) is 25.1 Å². The van der Waals surface area contributed by atoms with Crippen molar-refractivity contribution in [2.45, 2.75) is 32.9 Å². The summed E-state index contributed by atoms with van der Waals surface area (Å²) in [6, 6.07) is 5.71. The number of aryl methyl sites for hydroxylation is 1. The predicted octanol–water partition coefficient (Wildman–Crippen LogP) is 2.39. The molecule has 0 aliphatic carbocycles. The van der Waals surface area contributed by atoms with Crippen LogP contribution in [0.5, 0.6) is 5.75 Å². The fourth-order valence-electron chi connectivity index (χ4n) is 2.00. The number of carbonyl (C=O) groups is 1. The van der Waals surface area contributed by atoms with Crippen molar-refractivity contribution in [3.8, 4) is 5.75 Å². The molecule has 2 rings (SSSR count). The molecule has 86 valence electrons. The molecule has 1 aliphatic heterocycles. The lowest BCUT2D eigenvalue weighted by atomic mass is 9.98. The lowest BCUT2D eigenvalue weighted by molar-refractivity contribution is -0.110. The number of nitrogens with one attached hydrogen (secondary N) is 1. The second-order valence-corrected chi connectivity index (χ2v) is 4.63. The van der Waals surface area contributed by atoms with Crippen molar-refractivity contribution < 1.29 is 9.53 Å². The molecule has 0 saturated carbocycles. The SMILES string of the molecule is Cc1ccc2c(c1)NC(C=O)C(C(C)C)O2. The van der Waals surface area contributed by atoms with Crippen molar-refractivity contribution in [1.82, 2.24) is 0 Å². The highest BCUT2D eigenvalue weighted by Crippen LogP contribution is 2.33. The Labute approximate surface area is 95.8 Å². The van der Waals surface area contributed by atoms with Crippen LogP contribution in [0.1, 0.15) is 19.4 Å². The molecule has 1 aromatic carbocycles. The molecular weight excluding hydrogens is 202 g/mol. The number of fused-ring (bicyclic) bond motifs is 1. The first kappa shape index (κ1) is 11.0. The first-order valence-corrected chi connectivity index (χ1v) is 5.61. The Morgan fingerprint density at radius 2 is 2.19 bits per heavy atom. The molecule has 3 heteroatoms. The minimum absolute atomic E-state index is 0.0901. The Morgan fingerprint density at radius 1 is 1.44 bits per heavy atom. The number of aldehydes is 1. The van der Waals surface area contributed by atoms with Gasteiger partial charge in [-0.1, -0.05) is 19.9 Å². The summed E-state index contributed by atoms with van der Waals surface area (Å²) in [6.07, 6.45) is 0.836. The average Bonchev–Trinajstić information content (AvgIpc) is 2.26. The summed E-state index contributed by atoms with van der Waals surface area (Å²) in [4.78, 5) is 11.0. The zero-order valence-corrected chi connectivity index (χ0v) is 9.86. The van der Waals surface area contributed by atoms with E-state index in [2.05, 4.69) is 19.2 Å². The lowest BCUT2D eigenvalue weighted by Gasteiger charge is -2.34. The summed E-state index contributed by atoms with van der Waals surface area (Å²) in [6.45, 7) is 6.14. The maximum absolute atomic E-state index is 11.0. The Kier molecular flexibility index (Phi) is 2.86. The van der Waals surface area contributed by atoms with Gasteiger partial charge in [-0.2, -0.15) is 0 Å². The number of hydrogen-bond donors (Lipinski definition) is 1. The summed E-state index contributed by atoms with van der Waals surface area (Å²) in [7, 11) is 0. The van der Waals surface area contributed by atoms with Gasteiger partial charge in [-0.15, -0.1) is 0 Å². The molecule has 0 spiro atoms. The number of ether oxygens (including phenoxy) is 1. The fraction of sp³-hybridized carbons (Fsp3) is 0.462. The number of benzene rings is 1. The maximum atomic E-state index is 11.0. The third-order valence-electron chi connectivity index (χ3n) is 2.88. The van der Waals surface area contributed by atoms with E-state index in [0.717, 1.165) is 23.3 Å². The summed E-state index contributed by atoms with van der Waals surface area (Å²) in [5.74, 6) is 1.14. The van der Waals surface area contributed by atoms with Crippen molar-refractivity contribution in [2.24, 2.45) is 5.92 Å². The third kappa shape index (κ3) is 1.90. The van der Waals surface area contributed by atoms with Gasteiger partial charge in [0.25, 0.3) is 0 Å². The smallest absolute Gasteiger partial charge is 0.146 e. The van der Waals surface area contributed by atoms with Crippen molar-refractivity contribution in [3.05, 3.63) is 23.8 Å². The predicted molar refractivity (Wildman–Crippen MR) is 63.9 cm³/mol. The fourth-order valence-corrected chi connectivity index (χ4v) is 2.00. The van der Waals surface area contributed by atoms with Crippen LogP contribution >= 0.6 is 0 Å². The molecular formula is C13H17NO2. The van der Waals surface area contributed by atoms with Gasteiger partial charge in [0.15, 0.2) is 0 Å². The molecule has 0 bridgehead atoms. The quantitative estimate of drug-likeness (QED) is 0.776. The molecule has 2 unspecified atom stereocenters. The van der Waals surface area contributed by atoms with Gasteiger partial charge >= 0.3 is 0 Å².